The maximum Gasteiger partial charge on any atom is 0.0130 e. The van der Waals surface area contributed by atoms with Crippen LogP contribution in [0.2, 0.25) is 0 Å². The minimum absolute atomic E-state index is 0.426. The Labute approximate surface area is 107 Å². The van der Waals surface area contributed by atoms with Gasteiger partial charge in [0.2, 0.25) is 0 Å². The van der Waals surface area contributed by atoms with Crippen LogP contribution < -0.4 is 5.73 Å². The predicted octanol–water partition coefficient (Wildman–Crippen LogP) is 4.45. The van der Waals surface area contributed by atoms with E-state index in [0.29, 0.717) is 6.04 Å². The zero-order chi connectivity index (χ0) is 12.2. The summed E-state index contributed by atoms with van der Waals surface area (Å²) in [7, 11) is 0. The molecule has 0 spiro atoms. The molecule has 0 bridgehead atoms. The first-order valence-electron chi connectivity index (χ1n) is 7.00. The van der Waals surface area contributed by atoms with E-state index in [2.05, 4.69) is 20.8 Å². The zero-order valence-corrected chi connectivity index (χ0v) is 12.3. The van der Waals surface area contributed by atoms with Gasteiger partial charge < -0.3 is 5.73 Å². The molecule has 0 radical (unpaired) electrons. The molecule has 0 amide bonds. The Balaban J connectivity index is 3.14. The minimum atomic E-state index is 0.426. The maximum atomic E-state index is 6.08. The van der Waals surface area contributed by atoms with Gasteiger partial charge in [-0.2, -0.15) is 11.8 Å². The van der Waals surface area contributed by atoms with Crippen LogP contribution in [0.4, 0.5) is 0 Å². The van der Waals surface area contributed by atoms with Crippen LogP contribution in [0.3, 0.4) is 0 Å². The van der Waals surface area contributed by atoms with Crippen LogP contribution in [0.25, 0.3) is 0 Å². The molecule has 0 heterocycles. The molecule has 1 nitrogen and oxygen atoms in total. The number of thioether (sulfide) groups is 1. The maximum absolute atomic E-state index is 6.08. The predicted molar refractivity (Wildman–Crippen MR) is 78.1 cm³/mol. The first-order chi connectivity index (χ1) is 7.66. The number of hydrogen-bond donors (Lipinski definition) is 1. The quantitative estimate of drug-likeness (QED) is 0.544. The highest BCUT2D eigenvalue weighted by molar-refractivity contribution is 7.99. The van der Waals surface area contributed by atoms with Gasteiger partial charge in [0, 0.05) is 11.8 Å². The molecule has 2 N–H and O–H groups in total. The van der Waals surface area contributed by atoms with Gasteiger partial charge in [-0.05, 0) is 18.1 Å². The van der Waals surface area contributed by atoms with Gasteiger partial charge in [-0.15, -0.1) is 0 Å². The SMILES string of the molecule is CCCCCCCCC(N)CSCC(C)C. The molecule has 0 aromatic heterocycles. The summed E-state index contributed by atoms with van der Waals surface area (Å²) in [5.74, 6) is 3.20. The summed E-state index contributed by atoms with van der Waals surface area (Å²) in [4.78, 5) is 0. The third kappa shape index (κ3) is 12.4. The van der Waals surface area contributed by atoms with E-state index >= 15 is 0 Å². The third-order valence-electron chi connectivity index (χ3n) is 2.71. The van der Waals surface area contributed by atoms with Crippen molar-refractivity contribution in [2.24, 2.45) is 11.7 Å². The lowest BCUT2D eigenvalue weighted by atomic mass is 10.1. The van der Waals surface area contributed by atoms with Crippen LogP contribution in [-0.4, -0.2) is 17.5 Å². The van der Waals surface area contributed by atoms with Crippen molar-refractivity contribution < 1.29 is 0 Å². The lowest BCUT2D eigenvalue weighted by molar-refractivity contribution is 0.557. The average molecular weight is 245 g/mol. The summed E-state index contributed by atoms with van der Waals surface area (Å²) in [5, 5.41) is 0. The van der Waals surface area contributed by atoms with E-state index in [4.69, 9.17) is 5.73 Å². The van der Waals surface area contributed by atoms with Crippen molar-refractivity contribution in [3.63, 3.8) is 0 Å². The fourth-order valence-corrected chi connectivity index (χ4v) is 2.80. The second kappa shape index (κ2) is 11.8. The van der Waals surface area contributed by atoms with E-state index in [9.17, 15) is 0 Å². The van der Waals surface area contributed by atoms with Crippen molar-refractivity contribution in [2.45, 2.75) is 71.8 Å². The number of nitrogens with two attached hydrogens (primary N) is 1. The van der Waals surface area contributed by atoms with E-state index in [-0.39, 0.29) is 0 Å². The highest BCUT2D eigenvalue weighted by Gasteiger charge is 2.03. The molecule has 0 aliphatic heterocycles. The van der Waals surface area contributed by atoms with Crippen molar-refractivity contribution in [1.29, 1.82) is 0 Å². The van der Waals surface area contributed by atoms with Gasteiger partial charge in [0.25, 0.3) is 0 Å². The molecule has 1 unspecified atom stereocenters. The smallest absolute Gasteiger partial charge is 0.0130 e. The van der Waals surface area contributed by atoms with Gasteiger partial charge in [-0.25, -0.2) is 0 Å². The van der Waals surface area contributed by atoms with E-state index in [0.717, 1.165) is 11.7 Å². The standard InChI is InChI=1S/C14H31NS/c1-4-5-6-7-8-9-10-14(15)12-16-11-13(2)3/h13-14H,4-12,15H2,1-3H3. The monoisotopic (exact) mass is 245 g/mol. The Kier molecular flexibility index (Phi) is 12.0. The molecule has 0 aromatic carbocycles. The van der Waals surface area contributed by atoms with Crippen molar-refractivity contribution in [2.75, 3.05) is 11.5 Å². The van der Waals surface area contributed by atoms with Gasteiger partial charge in [-0.1, -0.05) is 59.3 Å². The van der Waals surface area contributed by atoms with Crippen molar-refractivity contribution in [3.05, 3.63) is 0 Å². The topological polar surface area (TPSA) is 26.0 Å². The molecule has 98 valence electrons. The number of rotatable bonds is 11. The molecule has 0 aliphatic rings. The molecule has 0 saturated heterocycles. The summed E-state index contributed by atoms with van der Waals surface area (Å²) >= 11 is 2.02. The van der Waals surface area contributed by atoms with Gasteiger partial charge in [-0.3, -0.25) is 0 Å². The Morgan fingerprint density at radius 2 is 1.56 bits per heavy atom. The molecule has 0 aromatic rings. The van der Waals surface area contributed by atoms with E-state index in [1.54, 1.807) is 0 Å². The summed E-state index contributed by atoms with van der Waals surface area (Å²) < 4.78 is 0. The van der Waals surface area contributed by atoms with Crippen LogP contribution in [0, 0.1) is 5.92 Å². The fraction of sp³-hybridized carbons (Fsp3) is 1.00. The largest absolute Gasteiger partial charge is 0.327 e. The molecule has 0 aliphatic carbocycles. The molecule has 0 fully saturated rings. The summed E-state index contributed by atoms with van der Waals surface area (Å²) in [6, 6.07) is 0.426. The summed E-state index contributed by atoms with van der Waals surface area (Å²) in [5.41, 5.74) is 6.08. The second-order valence-corrected chi connectivity index (χ2v) is 6.32. The molecule has 16 heavy (non-hydrogen) atoms. The Morgan fingerprint density at radius 3 is 2.19 bits per heavy atom. The molecule has 0 saturated carbocycles. The molecule has 0 rings (SSSR count). The van der Waals surface area contributed by atoms with E-state index in [1.165, 1.54) is 50.7 Å². The first-order valence-corrected chi connectivity index (χ1v) is 8.15. The fourth-order valence-electron chi connectivity index (χ4n) is 1.73. The van der Waals surface area contributed by atoms with Crippen LogP contribution in [0.15, 0.2) is 0 Å². The molecule has 2 heteroatoms. The lowest BCUT2D eigenvalue weighted by Gasteiger charge is -2.12. The lowest BCUT2D eigenvalue weighted by Crippen LogP contribution is -2.23. The molecular weight excluding hydrogens is 214 g/mol. The minimum Gasteiger partial charge on any atom is -0.327 e. The average Bonchev–Trinajstić information content (AvgIpc) is 2.22. The molecular formula is C14H31NS. The van der Waals surface area contributed by atoms with Gasteiger partial charge in [0.05, 0.1) is 0 Å². The third-order valence-corrected chi connectivity index (χ3v) is 4.28. The van der Waals surface area contributed by atoms with E-state index < -0.39 is 0 Å². The number of hydrogen-bond acceptors (Lipinski definition) is 2. The van der Waals surface area contributed by atoms with E-state index in [1.807, 2.05) is 11.8 Å². The number of unbranched alkanes of at least 4 members (excludes halogenated alkanes) is 5. The van der Waals surface area contributed by atoms with Crippen molar-refractivity contribution >= 4 is 11.8 Å². The van der Waals surface area contributed by atoms with Crippen LogP contribution in [0.5, 0.6) is 0 Å². The Bertz CT molecular complexity index is 137. The second-order valence-electron chi connectivity index (χ2n) is 5.25. The molecule has 1 atom stereocenters. The van der Waals surface area contributed by atoms with Crippen molar-refractivity contribution in [3.8, 4) is 0 Å². The van der Waals surface area contributed by atoms with Crippen LogP contribution in [0.1, 0.15) is 65.7 Å². The zero-order valence-electron chi connectivity index (χ0n) is 11.5. The normalized spacial score (nSPS) is 13.3. The highest BCUT2D eigenvalue weighted by atomic mass is 32.2. The van der Waals surface area contributed by atoms with Crippen LogP contribution >= 0.6 is 11.8 Å². The van der Waals surface area contributed by atoms with Gasteiger partial charge in [0.1, 0.15) is 0 Å². The Morgan fingerprint density at radius 1 is 0.938 bits per heavy atom. The summed E-state index contributed by atoms with van der Waals surface area (Å²) in [6.45, 7) is 6.81. The van der Waals surface area contributed by atoms with Crippen LogP contribution in [-0.2, 0) is 0 Å². The first kappa shape index (κ1) is 16.3. The highest BCUT2D eigenvalue weighted by Crippen LogP contribution is 2.12. The van der Waals surface area contributed by atoms with Gasteiger partial charge >= 0.3 is 0 Å². The van der Waals surface area contributed by atoms with Gasteiger partial charge in [0.15, 0.2) is 0 Å². The van der Waals surface area contributed by atoms with Crippen molar-refractivity contribution in [1.82, 2.24) is 0 Å². The Hall–Kier alpha value is 0.310. The summed E-state index contributed by atoms with van der Waals surface area (Å²) in [6.07, 6.45) is 9.47.